The van der Waals surface area contributed by atoms with Gasteiger partial charge in [0.25, 0.3) is 0 Å². The average Bonchev–Trinajstić information content (AvgIpc) is 2.16. The molecule has 0 aliphatic carbocycles. The first-order chi connectivity index (χ1) is 7.41. The molecule has 1 heteroatoms. The Labute approximate surface area is 100 Å². The van der Waals surface area contributed by atoms with E-state index in [9.17, 15) is 0 Å². The van der Waals surface area contributed by atoms with Crippen LogP contribution in [-0.2, 0) is 0 Å². The average molecular weight is 219 g/mol. The Morgan fingerprint density at radius 3 is 2.25 bits per heavy atom. The van der Waals surface area contributed by atoms with Crippen LogP contribution in [-0.4, -0.2) is 0 Å². The smallest absolute Gasteiger partial charge is 0.0300 e. The Balaban J connectivity index is 2.97. The summed E-state index contributed by atoms with van der Waals surface area (Å²) in [4.78, 5) is 0. The van der Waals surface area contributed by atoms with Gasteiger partial charge in [0.05, 0.1) is 0 Å². The third kappa shape index (κ3) is 3.34. The second-order valence-electron chi connectivity index (χ2n) is 5.51. The highest BCUT2D eigenvalue weighted by Gasteiger charge is 2.12. The van der Waals surface area contributed by atoms with E-state index in [1.165, 1.54) is 16.7 Å². The van der Waals surface area contributed by atoms with Crippen LogP contribution in [0.4, 0.5) is 0 Å². The van der Waals surface area contributed by atoms with E-state index >= 15 is 0 Å². The molecule has 16 heavy (non-hydrogen) atoms. The summed E-state index contributed by atoms with van der Waals surface area (Å²) < 4.78 is 0. The number of nitrogens with two attached hydrogens (primary N) is 1. The van der Waals surface area contributed by atoms with Crippen molar-refractivity contribution < 1.29 is 0 Å². The Kier molecular flexibility index (Phi) is 4.55. The number of hydrogen-bond donors (Lipinski definition) is 1. The van der Waals surface area contributed by atoms with Crippen molar-refractivity contribution in [3.63, 3.8) is 0 Å². The van der Waals surface area contributed by atoms with E-state index in [2.05, 4.69) is 52.8 Å². The normalized spacial score (nSPS) is 13.5. The Morgan fingerprint density at radius 2 is 1.75 bits per heavy atom. The van der Waals surface area contributed by atoms with Crippen molar-refractivity contribution in [1.29, 1.82) is 0 Å². The van der Waals surface area contributed by atoms with Gasteiger partial charge in [-0.15, -0.1) is 0 Å². The number of rotatable bonds is 4. The van der Waals surface area contributed by atoms with Crippen molar-refractivity contribution in [2.45, 2.75) is 53.0 Å². The molecule has 0 aromatic heterocycles. The lowest BCUT2D eigenvalue weighted by Gasteiger charge is -2.19. The minimum absolute atomic E-state index is 0.179. The van der Waals surface area contributed by atoms with E-state index in [1.807, 2.05) is 0 Å². The molecule has 0 heterocycles. The standard InChI is InChI=1S/C15H25N/c1-10(2)8-15(16)14-9-13(11(3)4)7-6-12(14)5/h6-7,9-11,15H,8,16H2,1-5H3. The maximum atomic E-state index is 6.27. The first-order valence-electron chi connectivity index (χ1n) is 6.27. The summed E-state index contributed by atoms with van der Waals surface area (Å²) in [7, 11) is 0. The predicted molar refractivity (Wildman–Crippen MR) is 71.7 cm³/mol. The van der Waals surface area contributed by atoms with Crippen molar-refractivity contribution >= 4 is 0 Å². The second kappa shape index (κ2) is 5.49. The van der Waals surface area contributed by atoms with Crippen LogP contribution in [0, 0.1) is 12.8 Å². The Bertz CT molecular complexity index is 339. The molecule has 1 aromatic rings. The first-order valence-corrected chi connectivity index (χ1v) is 6.27. The van der Waals surface area contributed by atoms with Crippen molar-refractivity contribution in [3.05, 3.63) is 34.9 Å². The number of hydrogen-bond acceptors (Lipinski definition) is 1. The van der Waals surface area contributed by atoms with E-state index in [4.69, 9.17) is 5.73 Å². The monoisotopic (exact) mass is 219 g/mol. The fraction of sp³-hybridized carbons (Fsp3) is 0.600. The lowest BCUT2D eigenvalue weighted by atomic mass is 9.91. The highest BCUT2D eigenvalue weighted by molar-refractivity contribution is 5.34. The fourth-order valence-electron chi connectivity index (χ4n) is 2.05. The van der Waals surface area contributed by atoms with Crippen LogP contribution in [0.3, 0.4) is 0 Å². The van der Waals surface area contributed by atoms with Gasteiger partial charge in [-0.05, 0) is 41.9 Å². The van der Waals surface area contributed by atoms with Crippen LogP contribution in [0.5, 0.6) is 0 Å². The van der Waals surface area contributed by atoms with Crippen LogP contribution in [0.1, 0.15) is 62.8 Å². The molecular formula is C15H25N. The minimum Gasteiger partial charge on any atom is -0.324 e. The highest BCUT2D eigenvalue weighted by atomic mass is 14.6. The Hall–Kier alpha value is -0.820. The molecule has 1 unspecified atom stereocenters. The molecule has 0 radical (unpaired) electrons. The maximum absolute atomic E-state index is 6.27. The van der Waals surface area contributed by atoms with Crippen LogP contribution in [0.25, 0.3) is 0 Å². The lowest BCUT2D eigenvalue weighted by Crippen LogP contribution is -2.14. The van der Waals surface area contributed by atoms with E-state index in [-0.39, 0.29) is 6.04 Å². The predicted octanol–water partition coefficient (Wildman–Crippen LogP) is 4.16. The summed E-state index contributed by atoms with van der Waals surface area (Å²) in [6.07, 6.45) is 1.06. The summed E-state index contributed by atoms with van der Waals surface area (Å²) in [6.45, 7) is 11.0. The minimum atomic E-state index is 0.179. The van der Waals surface area contributed by atoms with Crippen molar-refractivity contribution in [1.82, 2.24) is 0 Å². The third-order valence-electron chi connectivity index (χ3n) is 3.09. The molecule has 90 valence electrons. The van der Waals surface area contributed by atoms with Crippen LogP contribution >= 0.6 is 0 Å². The molecule has 1 atom stereocenters. The van der Waals surface area contributed by atoms with Gasteiger partial charge < -0.3 is 5.73 Å². The van der Waals surface area contributed by atoms with Crippen molar-refractivity contribution in [2.24, 2.45) is 11.7 Å². The highest BCUT2D eigenvalue weighted by Crippen LogP contribution is 2.25. The molecule has 1 rings (SSSR count). The van der Waals surface area contributed by atoms with Gasteiger partial charge in [0.1, 0.15) is 0 Å². The van der Waals surface area contributed by atoms with Gasteiger partial charge in [0.15, 0.2) is 0 Å². The summed E-state index contributed by atoms with van der Waals surface area (Å²) in [5.74, 6) is 1.22. The van der Waals surface area contributed by atoms with Gasteiger partial charge in [-0.3, -0.25) is 0 Å². The Morgan fingerprint density at radius 1 is 1.12 bits per heavy atom. The molecule has 0 aliphatic rings. The van der Waals surface area contributed by atoms with E-state index < -0.39 is 0 Å². The SMILES string of the molecule is Cc1ccc(C(C)C)cc1C(N)CC(C)C. The molecule has 1 nitrogen and oxygen atoms in total. The zero-order chi connectivity index (χ0) is 12.3. The first kappa shape index (κ1) is 13.2. The molecule has 0 saturated heterocycles. The quantitative estimate of drug-likeness (QED) is 0.808. The van der Waals surface area contributed by atoms with Gasteiger partial charge in [0.2, 0.25) is 0 Å². The van der Waals surface area contributed by atoms with Crippen molar-refractivity contribution in [3.8, 4) is 0 Å². The van der Waals surface area contributed by atoms with E-state index in [1.54, 1.807) is 0 Å². The van der Waals surface area contributed by atoms with Gasteiger partial charge in [-0.2, -0.15) is 0 Å². The number of aryl methyl sites for hydroxylation is 1. The van der Waals surface area contributed by atoms with E-state index in [0.29, 0.717) is 11.8 Å². The third-order valence-corrected chi connectivity index (χ3v) is 3.09. The largest absolute Gasteiger partial charge is 0.324 e. The number of benzene rings is 1. The van der Waals surface area contributed by atoms with Crippen LogP contribution in [0.2, 0.25) is 0 Å². The molecule has 0 fully saturated rings. The molecular weight excluding hydrogens is 194 g/mol. The molecule has 0 aliphatic heterocycles. The van der Waals surface area contributed by atoms with Gasteiger partial charge >= 0.3 is 0 Å². The zero-order valence-electron chi connectivity index (χ0n) is 11.2. The fourth-order valence-corrected chi connectivity index (χ4v) is 2.05. The molecule has 2 N–H and O–H groups in total. The van der Waals surface area contributed by atoms with Crippen molar-refractivity contribution in [2.75, 3.05) is 0 Å². The van der Waals surface area contributed by atoms with E-state index in [0.717, 1.165) is 6.42 Å². The molecule has 0 spiro atoms. The molecule has 0 saturated carbocycles. The van der Waals surface area contributed by atoms with Gasteiger partial charge in [-0.25, -0.2) is 0 Å². The topological polar surface area (TPSA) is 26.0 Å². The molecule has 1 aromatic carbocycles. The zero-order valence-corrected chi connectivity index (χ0v) is 11.2. The van der Waals surface area contributed by atoms with Gasteiger partial charge in [-0.1, -0.05) is 45.9 Å². The van der Waals surface area contributed by atoms with Gasteiger partial charge in [0, 0.05) is 6.04 Å². The second-order valence-corrected chi connectivity index (χ2v) is 5.51. The molecule has 0 bridgehead atoms. The molecule has 0 amide bonds. The van der Waals surface area contributed by atoms with Crippen LogP contribution in [0.15, 0.2) is 18.2 Å². The summed E-state index contributed by atoms with van der Waals surface area (Å²) in [5.41, 5.74) is 10.3. The maximum Gasteiger partial charge on any atom is 0.0300 e. The lowest BCUT2D eigenvalue weighted by molar-refractivity contribution is 0.508. The summed E-state index contributed by atoms with van der Waals surface area (Å²) in [5, 5.41) is 0. The summed E-state index contributed by atoms with van der Waals surface area (Å²) in [6, 6.07) is 6.88. The summed E-state index contributed by atoms with van der Waals surface area (Å²) >= 11 is 0. The van der Waals surface area contributed by atoms with Crippen LogP contribution < -0.4 is 5.73 Å².